The molecule has 0 amide bonds. The second-order valence-corrected chi connectivity index (χ2v) is 7.62. The highest BCUT2D eigenvalue weighted by Crippen LogP contribution is 2.38. The van der Waals surface area contributed by atoms with E-state index < -0.39 is 12.1 Å². The molecule has 2 atom stereocenters. The van der Waals surface area contributed by atoms with Gasteiger partial charge in [-0.15, -0.1) is 0 Å². The molecule has 0 saturated carbocycles. The van der Waals surface area contributed by atoms with Crippen LogP contribution in [0.4, 0.5) is 5.69 Å². The van der Waals surface area contributed by atoms with Crippen molar-refractivity contribution in [2.75, 3.05) is 37.7 Å². The summed E-state index contributed by atoms with van der Waals surface area (Å²) >= 11 is 0. The maximum Gasteiger partial charge on any atom is 0.332 e. The van der Waals surface area contributed by atoms with Crippen molar-refractivity contribution >= 4 is 11.7 Å². The molecule has 1 N–H and O–H groups in total. The van der Waals surface area contributed by atoms with E-state index in [1.54, 1.807) is 0 Å². The van der Waals surface area contributed by atoms with Crippen LogP contribution in [0.15, 0.2) is 48.5 Å². The van der Waals surface area contributed by atoms with E-state index in [2.05, 4.69) is 58.3 Å². The summed E-state index contributed by atoms with van der Waals surface area (Å²) in [6, 6.07) is 17.8. The molecule has 1 saturated heterocycles. The fourth-order valence-corrected chi connectivity index (χ4v) is 4.45. The number of anilines is 1. The molecule has 4 rings (SSSR count). The lowest BCUT2D eigenvalue weighted by Crippen LogP contribution is -2.49. The van der Waals surface area contributed by atoms with Crippen LogP contribution in [0.5, 0.6) is 0 Å². The van der Waals surface area contributed by atoms with Gasteiger partial charge in [0.15, 0.2) is 6.10 Å². The zero-order valence-corrected chi connectivity index (χ0v) is 16.4. The number of carboxylic acid groups (broad SMARTS) is 1. The Labute approximate surface area is 166 Å². The van der Waals surface area contributed by atoms with E-state index in [9.17, 15) is 4.79 Å². The van der Waals surface area contributed by atoms with Gasteiger partial charge in [0.1, 0.15) is 0 Å². The molecule has 0 aromatic heterocycles. The van der Waals surface area contributed by atoms with Crippen molar-refractivity contribution in [1.82, 2.24) is 4.90 Å². The van der Waals surface area contributed by atoms with Gasteiger partial charge >= 0.3 is 5.97 Å². The van der Waals surface area contributed by atoms with Gasteiger partial charge in [0.05, 0.1) is 12.6 Å². The number of hydrogen-bond donors (Lipinski definition) is 1. The van der Waals surface area contributed by atoms with Gasteiger partial charge in [-0.3, -0.25) is 4.90 Å². The minimum Gasteiger partial charge on any atom is -0.479 e. The second kappa shape index (κ2) is 8.33. The van der Waals surface area contributed by atoms with E-state index >= 15 is 0 Å². The van der Waals surface area contributed by atoms with Crippen LogP contribution in [0.2, 0.25) is 0 Å². The molecule has 0 spiro atoms. The summed E-state index contributed by atoms with van der Waals surface area (Å²) in [6.45, 7) is 5.91. The Balaban J connectivity index is 1.51. The van der Waals surface area contributed by atoms with Crippen molar-refractivity contribution in [3.05, 3.63) is 65.2 Å². The third kappa shape index (κ3) is 3.77. The number of para-hydroxylation sites is 1. The highest BCUT2D eigenvalue weighted by Gasteiger charge is 2.33. The van der Waals surface area contributed by atoms with Crippen molar-refractivity contribution in [1.29, 1.82) is 0 Å². The van der Waals surface area contributed by atoms with Crippen molar-refractivity contribution in [2.24, 2.45) is 0 Å². The molecule has 2 aliphatic heterocycles. The van der Waals surface area contributed by atoms with Crippen LogP contribution in [-0.2, 0) is 16.0 Å². The fraction of sp³-hybridized carbons (Fsp3) is 0.435. The second-order valence-electron chi connectivity index (χ2n) is 7.62. The number of aliphatic carboxylic acids is 1. The van der Waals surface area contributed by atoms with Crippen LogP contribution in [0.25, 0.3) is 0 Å². The third-order valence-electron chi connectivity index (χ3n) is 5.93. The minimum absolute atomic E-state index is 0.315. The lowest BCUT2D eigenvalue weighted by atomic mass is 9.96. The number of nitrogens with zero attached hydrogens (tertiary/aromatic N) is 2. The van der Waals surface area contributed by atoms with E-state index in [4.69, 9.17) is 9.84 Å². The van der Waals surface area contributed by atoms with Crippen LogP contribution in [0.1, 0.15) is 36.1 Å². The maximum absolute atomic E-state index is 11.1. The highest BCUT2D eigenvalue weighted by atomic mass is 16.5. The Morgan fingerprint density at radius 3 is 2.68 bits per heavy atom. The van der Waals surface area contributed by atoms with Crippen molar-refractivity contribution in [2.45, 2.75) is 31.9 Å². The zero-order chi connectivity index (χ0) is 19.5. The van der Waals surface area contributed by atoms with Crippen LogP contribution in [0.3, 0.4) is 0 Å². The van der Waals surface area contributed by atoms with Crippen molar-refractivity contribution in [3.63, 3.8) is 0 Å². The standard InChI is InChI=1S/C23H28N2O3/c1-2-22(23(26)27)28-14-13-24-11-12-25-20-10-6-4-8-18(20)15-17-7-3-5-9-19(17)21(25)16-24/h3-10,21-22H,2,11-16H2,1H3,(H,26,27). The molecular formula is C23H28N2O3. The Bertz CT molecular complexity index is 838. The number of hydrogen-bond acceptors (Lipinski definition) is 4. The molecule has 2 aliphatic rings. The van der Waals surface area contributed by atoms with Gasteiger partial charge in [0.25, 0.3) is 0 Å². The van der Waals surface area contributed by atoms with Gasteiger partial charge in [-0.05, 0) is 35.6 Å². The monoisotopic (exact) mass is 380 g/mol. The largest absolute Gasteiger partial charge is 0.479 e. The highest BCUT2D eigenvalue weighted by molar-refractivity contribution is 5.72. The van der Waals surface area contributed by atoms with Crippen LogP contribution in [0, 0.1) is 0 Å². The molecule has 2 aromatic rings. The summed E-state index contributed by atoms with van der Waals surface area (Å²) < 4.78 is 5.59. The molecule has 2 unspecified atom stereocenters. The van der Waals surface area contributed by atoms with E-state index in [0.29, 0.717) is 19.1 Å². The molecule has 5 heteroatoms. The lowest BCUT2D eigenvalue weighted by molar-refractivity contribution is -0.150. The minimum atomic E-state index is -0.873. The van der Waals surface area contributed by atoms with E-state index in [1.165, 1.54) is 22.4 Å². The number of carbonyl (C=O) groups is 1. The van der Waals surface area contributed by atoms with Crippen LogP contribution >= 0.6 is 0 Å². The molecule has 5 nitrogen and oxygen atoms in total. The summed E-state index contributed by atoms with van der Waals surface area (Å²) in [4.78, 5) is 16.1. The van der Waals surface area contributed by atoms with Gasteiger partial charge in [0, 0.05) is 31.9 Å². The van der Waals surface area contributed by atoms with Gasteiger partial charge in [-0.25, -0.2) is 4.79 Å². The molecule has 148 valence electrons. The van der Waals surface area contributed by atoms with Crippen LogP contribution in [-0.4, -0.2) is 54.9 Å². The van der Waals surface area contributed by atoms with Crippen molar-refractivity contribution in [3.8, 4) is 0 Å². The van der Waals surface area contributed by atoms with Crippen LogP contribution < -0.4 is 4.90 Å². The average molecular weight is 380 g/mol. The zero-order valence-electron chi connectivity index (χ0n) is 16.4. The molecule has 28 heavy (non-hydrogen) atoms. The molecule has 2 aromatic carbocycles. The fourth-order valence-electron chi connectivity index (χ4n) is 4.45. The number of benzene rings is 2. The topological polar surface area (TPSA) is 53.0 Å². The number of rotatable bonds is 6. The molecule has 0 radical (unpaired) electrons. The Morgan fingerprint density at radius 2 is 1.89 bits per heavy atom. The first kappa shape index (κ1) is 19.0. The number of carboxylic acids is 1. The summed E-state index contributed by atoms with van der Waals surface area (Å²) in [5.74, 6) is -0.873. The first-order valence-corrected chi connectivity index (χ1v) is 10.2. The predicted octanol–water partition coefficient (Wildman–Crippen LogP) is 3.33. The van der Waals surface area contributed by atoms with E-state index in [-0.39, 0.29) is 0 Å². The van der Waals surface area contributed by atoms with E-state index in [1.807, 2.05) is 6.92 Å². The molecular weight excluding hydrogens is 352 g/mol. The number of piperazine rings is 1. The quantitative estimate of drug-likeness (QED) is 0.833. The Morgan fingerprint density at radius 1 is 1.14 bits per heavy atom. The smallest absolute Gasteiger partial charge is 0.332 e. The summed E-state index contributed by atoms with van der Waals surface area (Å²) in [5.41, 5.74) is 5.54. The molecule has 1 fully saturated rings. The first-order chi connectivity index (χ1) is 13.7. The molecule has 0 bridgehead atoms. The van der Waals surface area contributed by atoms with E-state index in [0.717, 1.165) is 32.6 Å². The summed E-state index contributed by atoms with van der Waals surface area (Å²) in [5, 5.41) is 9.15. The maximum atomic E-state index is 11.1. The predicted molar refractivity (Wildman–Crippen MR) is 110 cm³/mol. The number of fused-ring (bicyclic) bond motifs is 5. The number of ether oxygens (including phenoxy) is 1. The summed E-state index contributed by atoms with van der Waals surface area (Å²) in [6.07, 6.45) is 0.765. The molecule has 2 heterocycles. The summed E-state index contributed by atoms with van der Waals surface area (Å²) in [7, 11) is 0. The van der Waals surface area contributed by atoms with Gasteiger partial charge in [-0.1, -0.05) is 49.4 Å². The Kier molecular flexibility index (Phi) is 5.64. The SMILES string of the molecule is CCC(OCCN1CCN2c3ccccc3Cc3ccccc3C2C1)C(=O)O. The van der Waals surface area contributed by atoms with Gasteiger partial charge < -0.3 is 14.7 Å². The molecule has 0 aliphatic carbocycles. The third-order valence-corrected chi connectivity index (χ3v) is 5.93. The normalized spacial score (nSPS) is 19.9. The van der Waals surface area contributed by atoms with Crippen molar-refractivity contribution < 1.29 is 14.6 Å². The lowest BCUT2D eigenvalue weighted by Gasteiger charge is -2.43. The first-order valence-electron chi connectivity index (χ1n) is 10.2. The average Bonchev–Trinajstić information content (AvgIpc) is 2.85. The van der Waals surface area contributed by atoms with Gasteiger partial charge in [-0.2, -0.15) is 0 Å². The van der Waals surface area contributed by atoms with Gasteiger partial charge in [0.2, 0.25) is 0 Å². The Hall–Kier alpha value is -2.37.